The first kappa shape index (κ1) is 14.0. The maximum Gasteiger partial charge on any atom is 0.254 e. The molecule has 0 aliphatic carbocycles. The first-order chi connectivity index (χ1) is 9.13. The molecule has 1 aliphatic rings. The van der Waals surface area contributed by atoms with Crippen LogP contribution in [0.15, 0.2) is 12.1 Å². The van der Waals surface area contributed by atoms with Gasteiger partial charge >= 0.3 is 0 Å². The average Bonchev–Trinajstić information content (AvgIpc) is 2.46. The van der Waals surface area contributed by atoms with Gasteiger partial charge in [-0.05, 0) is 18.6 Å². The summed E-state index contributed by atoms with van der Waals surface area (Å²) in [5, 5.41) is 2.98. The number of rotatable bonds is 3. The van der Waals surface area contributed by atoms with Gasteiger partial charge in [-0.15, -0.1) is 0 Å². The SMILES string of the molecule is CCc1cc(C(=O)N2CCS(=O)CC2)cc(NC)n1. The molecule has 0 radical (unpaired) electrons. The van der Waals surface area contributed by atoms with E-state index in [0.717, 1.165) is 12.1 Å². The molecule has 6 heteroatoms. The Morgan fingerprint density at radius 1 is 1.42 bits per heavy atom. The van der Waals surface area contributed by atoms with Gasteiger partial charge in [-0.2, -0.15) is 0 Å². The Labute approximate surface area is 115 Å². The number of hydrogen-bond donors (Lipinski definition) is 1. The van der Waals surface area contributed by atoms with Crippen LogP contribution >= 0.6 is 0 Å². The number of aryl methyl sites for hydroxylation is 1. The molecule has 0 atom stereocenters. The molecule has 19 heavy (non-hydrogen) atoms. The number of amides is 1. The van der Waals surface area contributed by atoms with Gasteiger partial charge < -0.3 is 10.2 Å². The van der Waals surface area contributed by atoms with Crippen molar-refractivity contribution in [2.75, 3.05) is 37.0 Å². The quantitative estimate of drug-likeness (QED) is 0.894. The van der Waals surface area contributed by atoms with Gasteiger partial charge in [0.1, 0.15) is 5.82 Å². The van der Waals surface area contributed by atoms with Crippen LogP contribution in [0.25, 0.3) is 0 Å². The third-order valence-electron chi connectivity index (χ3n) is 3.21. The maximum absolute atomic E-state index is 12.4. The summed E-state index contributed by atoms with van der Waals surface area (Å²) in [7, 11) is 1.03. The molecule has 1 fully saturated rings. The normalized spacial score (nSPS) is 16.4. The van der Waals surface area contributed by atoms with Crippen LogP contribution in [0.5, 0.6) is 0 Å². The fourth-order valence-electron chi connectivity index (χ4n) is 2.04. The number of nitrogens with zero attached hydrogens (tertiary/aromatic N) is 2. The summed E-state index contributed by atoms with van der Waals surface area (Å²) in [4.78, 5) is 18.6. The zero-order valence-corrected chi connectivity index (χ0v) is 12.1. The fourth-order valence-corrected chi connectivity index (χ4v) is 3.10. The second kappa shape index (κ2) is 6.14. The Balaban J connectivity index is 2.20. The smallest absolute Gasteiger partial charge is 0.254 e. The molecule has 2 heterocycles. The molecule has 1 aliphatic heterocycles. The van der Waals surface area contributed by atoms with E-state index < -0.39 is 10.8 Å². The summed E-state index contributed by atoms with van der Waals surface area (Å²) in [6.45, 7) is 3.16. The summed E-state index contributed by atoms with van der Waals surface area (Å²) < 4.78 is 11.3. The Hall–Kier alpha value is -1.43. The van der Waals surface area contributed by atoms with Crippen LogP contribution < -0.4 is 5.32 Å². The number of hydrogen-bond acceptors (Lipinski definition) is 4. The minimum atomic E-state index is -0.764. The largest absolute Gasteiger partial charge is 0.373 e. The number of pyridine rings is 1. The van der Waals surface area contributed by atoms with Gasteiger partial charge in [0.2, 0.25) is 0 Å². The van der Waals surface area contributed by atoms with Crippen molar-refractivity contribution in [3.8, 4) is 0 Å². The first-order valence-electron chi connectivity index (χ1n) is 6.47. The summed E-state index contributed by atoms with van der Waals surface area (Å²) >= 11 is 0. The molecule has 0 saturated carbocycles. The molecule has 1 N–H and O–H groups in total. The molecule has 1 saturated heterocycles. The highest BCUT2D eigenvalue weighted by Crippen LogP contribution is 2.14. The molecule has 1 aromatic rings. The van der Waals surface area contributed by atoms with Gasteiger partial charge in [-0.1, -0.05) is 6.92 Å². The topological polar surface area (TPSA) is 62.3 Å². The van der Waals surface area contributed by atoms with Crippen LogP contribution in [0.2, 0.25) is 0 Å². The molecule has 1 amide bonds. The van der Waals surface area contributed by atoms with Crippen molar-refractivity contribution in [1.82, 2.24) is 9.88 Å². The minimum Gasteiger partial charge on any atom is -0.373 e. The lowest BCUT2D eigenvalue weighted by atomic mass is 10.1. The van der Waals surface area contributed by atoms with E-state index in [1.807, 2.05) is 13.0 Å². The minimum absolute atomic E-state index is 0.00491. The van der Waals surface area contributed by atoms with Crippen LogP contribution in [-0.2, 0) is 17.2 Å². The van der Waals surface area contributed by atoms with Gasteiger partial charge in [0.15, 0.2) is 0 Å². The third kappa shape index (κ3) is 3.32. The zero-order chi connectivity index (χ0) is 13.8. The molecule has 1 aromatic heterocycles. The van der Waals surface area contributed by atoms with Gasteiger partial charge in [0.25, 0.3) is 5.91 Å². The van der Waals surface area contributed by atoms with Crippen molar-refractivity contribution in [2.24, 2.45) is 0 Å². The van der Waals surface area contributed by atoms with Crippen molar-refractivity contribution in [3.63, 3.8) is 0 Å². The molecule has 5 nitrogen and oxygen atoms in total. The van der Waals surface area contributed by atoms with Crippen LogP contribution in [0.1, 0.15) is 23.0 Å². The molecule has 0 bridgehead atoms. The van der Waals surface area contributed by atoms with Gasteiger partial charge in [-0.25, -0.2) is 4.98 Å². The van der Waals surface area contributed by atoms with Crippen LogP contribution in [0.3, 0.4) is 0 Å². The lowest BCUT2D eigenvalue weighted by Gasteiger charge is -2.26. The Kier molecular flexibility index (Phi) is 4.52. The summed E-state index contributed by atoms with van der Waals surface area (Å²) in [5.74, 6) is 1.88. The molecule has 0 unspecified atom stereocenters. The van der Waals surface area contributed by atoms with Crippen molar-refractivity contribution in [2.45, 2.75) is 13.3 Å². The van der Waals surface area contributed by atoms with Gasteiger partial charge in [-0.3, -0.25) is 9.00 Å². The van der Waals surface area contributed by atoms with E-state index in [1.54, 1.807) is 18.0 Å². The second-order valence-electron chi connectivity index (χ2n) is 4.48. The van der Waals surface area contributed by atoms with Crippen molar-refractivity contribution in [1.29, 1.82) is 0 Å². The lowest BCUT2D eigenvalue weighted by Crippen LogP contribution is -2.41. The van der Waals surface area contributed by atoms with Crippen LogP contribution in [0, 0.1) is 0 Å². The first-order valence-corrected chi connectivity index (χ1v) is 7.95. The second-order valence-corrected chi connectivity index (χ2v) is 6.17. The molecular weight excluding hydrogens is 262 g/mol. The fraction of sp³-hybridized carbons (Fsp3) is 0.538. The van der Waals surface area contributed by atoms with Crippen LogP contribution in [-0.4, -0.2) is 51.6 Å². The summed E-state index contributed by atoms with van der Waals surface area (Å²) in [6, 6.07) is 3.61. The van der Waals surface area contributed by atoms with Gasteiger partial charge in [0, 0.05) is 53.7 Å². The predicted octanol–water partition coefficient (Wildman–Crippen LogP) is 0.890. The van der Waals surface area contributed by atoms with E-state index in [9.17, 15) is 9.00 Å². The lowest BCUT2D eigenvalue weighted by molar-refractivity contribution is 0.0771. The number of nitrogens with one attached hydrogen (secondary N) is 1. The van der Waals surface area contributed by atoms with E-state index in [2.05, 4.69) is 10.3 Å². The number of aromatic nitrogens is 1. The number of carbonyl (C=O) groups is 1. The van der Waals surface area contributed by atoms with Crippen molar-refractivity contribution in [3.05, 3.63) is 23.4 Å². The monoisotopic (exact) mass is 281 g/mol. The molecule has 104 valence electrons. The van der Waals surface area contributed by atoms with E-state index in [4.69, 9.17) is 0 Å². The Morgan fingerprint density at radius 2 is 2.11 bits per heavy atom. The maximum atomic E-state index is 12.4. The van der Waals surface area contributed by atoms with Crippen LogP contribution in [0.4, 0.5) is 5.82 Å². The number of anilines is 1. The highest BCUT2D eigenvalue weighted by Gasteiger charge is 2.21. The van der Waals surface area contributed by atoms with Crippen molar-refractivity contribution >= 4 is 22.5 Å². The molecule has 0 aromatic carbocycles. The summed E-state index contributed by atoms with van der Waals surface area (Å²) in [5.41, 5.74) is 1.56. The van der Waals surface area contributed by atoms with E-state index >= 15 is 0 Å². The van der Waals surface area contributed by atoms with E-state index in [-0.39, 0.29) is 5.91 Å². The van der Waals surface area contributed by atoms with E-state index in [1.165, 1.54) is 0 Å². The predicted molar refractivity (Wildman–Crippen MR) is 76.9 cm³/mol. The highest BCUT2D eigenvalue weighted by molar-refractivity contribution is 7.85. The Bertz CT molecular complexity index is 472. The number of carbonyl (C=O) groups excluding carboxylic acids is 1. The average molecular weight is 281 g/mol. The highest BCUT2D eigenvalue weighted by atomic mass is 32.2. The molecule has 2 rings (SSSR count). The molecular formula is C13H19N3O2S. The summed E-state index contributed by atoms with van der Waals surface area (Å²) in [6.07, 6.45) is 0.791. The van der Waals surface area contributed by atoms with Crippen molar-refractivity contribution < 1.29 is 9.00 Å². The molecule has 0 spiro atoms. The zero-order valence-electron chi connectivity index (χ0n) is 11.3. The van der Waals surface area contributed by atoms with E-state index in [0.29, 0.717) is 36.0 Å². The third-order valence-corrected chi connectivity index (χ3v) is 4.48. The Morgan fingerprint density at radius 3 is 2.68 bits per heavy atom. The van der Waals surface area contributed by atoms with Gasteiger partial charge in [0.05, 0.1) is 0 Å². The standard InChI is InChI=1S/C13H19N3O2S/c1-3-11-8-10(9-12(14-2)15-11)13(17)16-4-6-19(18)7-5-16/h8-9H,3-7H2,1-2H3,(H,14,15).